The third-order valence-electron chi connectivity index (χ3n) is 1.61. The molecule has 1 rings (SSSR count). The third-order valence-corrected chi connectivity index (χ3v) is 1.61. The number of aryl methyl sites for hydroxylation is 1. The standard InChI is InChI=1S/C8H12N2O.C2H6/c1-6-3-2-4-7(5-10-9)8(6)11;1-2/h2-4,10-11H,5,9H2,1H3;1-2H3. The quantitative estimate of drug-likeness (QED) is 0.482. The lowest BCUT2D eigenvalue weighted by molar-refractivity contribution is 0.461. The van der Waals surface area contributed by atoms with Crippen molar-refractivity contribution < 1.29 is 5.11 Å². The van der Waals surface area contributed by atoms with E-state index in [1.807, 2.05) is 39.0 Å². The van der Waals surface area contributed by atoms with E-state index in [4.69, 9.17) is 5.84 Å². The molecule has 0 aromatic heterocycles. The summed E-state index contributed by atoms with van der Waals surface area (Å²) in [6.07, 6.45) is 0. The summed E-state index contributed by atoms with van der Waals surface area (Å²) in [5, 5.41) is 9.43. The summed E-state index contributed by atoms with van der Waals surface area (Å²) in [7, 11) is 0. The molecule has 0 aliphatic heterocycles. The van der Waals surface area contributed by atoms with Crippen molar-refractivity contribution in [2.24, 2.45) is 5.84 Å². The van der Waals surface area contributed by atoms with Gasteiger partial charge in [-0.1, -0.05) is 32.0 Å². The first-order valence-electron chi connectivity index (χ1n) is 4.46. The summed E-state index contributed by atoms with van der Waals surface area (Å²) < 4.78 is 0. The van der Waals surface area contributed by atoms with Crippen molar-refractivity contribution in [3.8, 4) is 5.75 Å². The van der Waals surface area contributed by atoms with Crippen molar-refractivity contribution in [3.05, 3.63) is 29.3 Å². The van der Waals surface area contributed by atoms with Crippen LogP contribution in [0.5, 0.6) is 5.75 Å². The van der Waals surface area contributed by atoms with Gasteiger partial charge in [-0.2, -0.15) is 0 Å². The fraction of sp³-hybridized carbons (Fsp3) is 0.400. The van der Waals surface area contributed by atoms with Crippen molar-refractivity contribution >= 4 is 0 Å². The molecule has 0 saturated carbocycles. The minimum atomic E-state index is 0.324. The normalized spacial score (nSPS) is 8.92. The number of hydrogen-bond donors (Lipinski definition) is 3. The number of hydrogen-bond acceptors (Lipinski definition) is 3. The Bertz CT molecular complexity index is 249. The number of rotatable bonds is 2. The third kappa shape index (κ3) is 3.44. The Hall–Kier alpha value is -1.06. The Balaban J connectivity index is 0.000000671. The van der Waals surface area contributed by atoms with Crippen LogP contribution in [0.25, 0.3) is 0 Å². The van der Waals surface area contributed by atoms with Crippen LogP contribution >= 0.6 is 0 Å². The Morgan fingerprint density at radius 1 is 1.38 bits per heavy atom. The number of phenolic OH excluding ortho intramolecular Hbond substituents is 1. The van der Waals surface area contributed by atoms with Crippen LogP contribution in [0.3, 0.4) is 0 Å². The van der Waals surface area contributed by atoms with E-state index >= 15 is 0 Å². The lowest BCUT2D eigenvalue weighted by atomic mass is 10.1. The lowest BCUT2D eigenvalue weighted by Crippen LogP contribution is -2.20. The van der Waals surface area contributed by atoms with Gasteiger partial charge in [0.2, 0.25) is 0 Å². The van der Waals surface area contributed by atoms with Crippen LogP contribution in [0.15, 0.2) is 18.2 Å². The average Bonchev–Trinajstić information content (AvgIpc) is 2.17. The number of phenols is 1. The molecular formula is C10H18N2O. The van der Waals surface area contributed by atoms with Crippen LogP contribution < -0.4 is 11.3 Å². The Morgan fingerprint density at radius 2 is 2.00 bits per heavy atom. The molecule has 0 radical (unpaired) electrons. The van der Waals surface area contributed by atoms with E-state index in [1.165, 1.54) is 0 Å². The molecule has 0 heterocycles. The van der Waals surface area contributed by atoms with Crippen LogP contribution in [0.1, 0.15) is 25.0 Å². The van der Waals surface area contributed by atoms with Gasteiger partial charge in [0.15, 0.2) is 0 Å². The van der Waals surface area contributed by atoms with Gasteiger partial charge in [-0.25, -0.2) is 0 Å². The predicted molar refractivity (Wildman–Crippen MR) is 55.2 cm³/mol. The predicted octanol–water partition coefficient (Wildman–Crippen LogP) is 1.69. The van der Waals surface area contributed by atoms with Gasteiger partial charge in [-0.3, -0.25) is 11.3 Å². The van der Waals surface area contributed by atoms with E-state index in [2.05, 4.69) is 5.43 Å². The van der Waals surface area contributed by atoms with E-state index in [0.717, 1.165) is 11.1 Å². The lowest BCUT2D eigenvalue weighted by Gasteiger charge is -2.04. The molecule has 0 atom stereocenters. The topological polar surface area (TPSA) is 58.3 Å². The molecule has 1 aromatic carbocycles. The molecule has 3 heteroatoms. The van der Waals surface area contributed by atoms with Crippen LogP contribution in [-0.2, 0) is 6.54 Å². The number of para-hydroxylation sites is 1. The molecule has 74 valence electrons. The number of nitrogens with two attached hydrogens (primary N) is 1. The summed E-state index contributed by atoms with van der Waals surface area (Å²) in [4.78, 5) is 0. The first kappa shape index (κ1) is 11.9. The summed E-state index contributed by atoms with van der Waals surface area (Å²) in [6.45, 7) is 6.35. The number of nitrogens with one attached hydrogen (secondary N) is 1. The van der Waals surface area contributed by atoms with E-state index in [0.29, 0.717) is 12.3 Å². The largest absolute Gasteiger partial charge is 0.507 e. The van der Waals surface area contributed by atoms with Crippen LogP contribution in [0.4, 0.5) is 0 Å². The van der Waals surface area contributed by atoms with Gasteiger partial charge in [0.1, 0.15) is 5.75 Å². The van der Waals surface area contributed by atoms with E-state index in [-0.39, 0.29) is 0 Å². The minimum absolute atomic E-state index is 0.324. The van der Waals surface area contributed by atoms with Crippen LogP contribution in [-0.4, -0.2) is 5.11 Å². The summed E-state index contributed by atoms with van der Waals surface area (Å²) in [6, 6.07) is 5.58. The first-order valence-corrected chi connectivity index (χ1v) is 4.46. The van der Waals surface area contributed by atoms with Crippen molar-refractivity contribution in [2.45, 2.75) is 27.3 Å². The molecule has 0 unspecified atom stereocenters. The molecule has 0 bridgehead atoms. The second-order valence-corrected chi connectivity index (χ2v) is 2.46. The zero-order valence-corrected chi connectivity index (χ0v) is 8.46. The minimum Gasteiger partial charge on any atom is -0.507 e. The Kier molecular flexibility index (Phi) is 5.93. The van der Waals surface area contributed by atoms with Crippen molar-refractivity contribution in [3.63, 3.8) is 0 Å². The highest BCUT2D eigenvalue weighted by atomic mass is 16.3. The maximum Gasteiger partial charge on any atom is 0.123 e. The summed E-state index contributed by atoms with van der Waals surface area (Å²) >= 11 is 0. The highest BCUT2D eigenvalue weighted by Gasteiger charge is 2.00. The molecule has 13 heavy (non-hydrogen) atoms. The number of aromatic hydroxyl groups is 1. The molecule has 0 saturated heterocycles. The number of hydrazine groups is 1. The van der Waals surface area contributed by atoms with Crippen molar-refractivity contribution in [1.29, 1.82) is 0 Å². The molecule has 4 N–H and O–H groups in total. The second-order valence-electron chi connectivity index (χ2n) is 2.46. The molecular weight excluding hydrogens is 164 g/mol. The highest BCUT2D eigenvalue weighted by Crippen LogP contribution is 2.20. The zero-order valence-electron chi connectivity index (χ0n) is 8.46. The molecule has 3 nitrogen and oxygen atoms in total. The first-order chi connectivity index (χ1) is 6.25. The Labute approximate surface area is 79.6 Å². The van der Waals surface area contributed by atoms with Gasteiger partial charge in [0.25, 0.3) is 0 Å². The van der Waals surface area contributed by atoms with Gasteiger partial charge in [-0.15, -0.1) is 0 Å². The van der Waals surface area contributed by atoms with E-state index in [9.17, 15) is 5.11 Å². The van der Waals surface area contributed by atoms with Gasteiger partial charge < -0.3 is 5.11 Å². The van der Waals surface area contributed by atoms with Crippen molar-refractivity contribution in [1.82, 2.24) is 5.43 Å². The molecule has 0 amide bonds. The highest BCUT2D eigenvalue weighted by molar-refractivity contribution is 5.39. The second kappa shape index (κ2) is 6.46. The van der Waals surface area contributed by atoms with E-state index in [1.54, 1.807) is 0 Å². The van der Waals surface area contributed by atoms with Gasteiger partial charge in [-0.05, 0) is 12.5 Å². The Morgan fingerprint density at radius 3 is 2.54 bits per heavy atom. The number of benzene rings is 1. The zero-order chi connectivity index (χ0) is 10.3. The summed E-state index contributed by atoms with van der Waals surface area (Å²) in [5.74, 6) is 5.44. The van der Waals surface area contributed by atoms with E-state index < -0.39 is 0 Å². The maximum absolute atomic E-state index is 9.43. The van der Waals surface area contributed by atoms with Gasteiger partial charge in [0, 0.05) is 12.1 Å². The molecule has 0 spiro atoms. The fourth-order valence-corrected chi connectivity index (χ4v) is 0.972. The van der Waals surface area contributed by atoms with Gasteiger partial charge >= 0.3 is 0 Å². The van der Waals surface area contributed by atoms with Gasteiger partial charge in [0.05, 0.1) is 0 Å². The maximum atomic E-state index is 9.43. The molecule has 0 aliphatic rings. The van der Waals surface area contributed by atoms with Crippen molar-refractivity contribution in [2.75, 3.05) is 0 Å². The SMILES string of the molecule is CC.Cc1cccc(CNN)c1O. The molecule has 1 aromatic rings. The van der Waals surface area contributed by atoms with Crippen LogP contribution in [0.2, 0.25) is 0 Å². The average molecular weight is 182 g/mol. The summed E-state index contributed by atoms with van der Waals surface area (Å²) in [5.41, 5.74) is 4.19. The smallest absolute Gasteiger partial charge is 0.123 e. The molecule has 0 aliphatic carbocycles. The van der Waals surface area contributed by atoms with Crippen LogP contribution in [0, 0.1) is 6.92 Å². The molecule has 0 fully saturated rings. The monoisotopic (exact) mass is 182 g/mol. The fourth-order valence-electron chi connectivity index (χ4n) is 0.972.